The van der Waals surface area contributed by atoms with Gasteiger partial charge >= 0.3 is 0 Å². The second-order valence-electron chi connectivity index (χ2n) is 4.10. The van der Waals surface area contributed by atoms with Crippen molar-refractivity contribution in [3.63, 3.8) is 0 Å². The Morgan fingerprint density at radius 1 is 1.44 bits per heavy atom. The van der Waals surface area contributed by atoms with E-state index in [4.69, 9.17) is 4.74 Å². The lowest BCUT2D eigenvalue weighted by molar-refractivity contribution is 0.172. The maximum absolute atomic E-state index is 10.0. The van der Waals surface area contributed by atoms with Crippen molar-refractivity contribution < 1.29 is 9.84 Å². The Kier molecular flexibility index (Phi) is 3.88. The summed E-state index contributed by atoms with van der Waals surface area (Å²) in [7, 11) is 1.64. The molecule has 2 aromatic heterocycles. The van der Waals surface area contributed by atoms with Gasteiger partial charge in [0.2, 0.25) is 0 Å². The molecule has 0 fully saturated rings. The molecular formula is C12H15N3O2S. The van der Waals surface area contributed by atoms with Crippen LogP contribution in [0.2, 0.25) is 0 Å². The molecule has 0 aliphatic heterocycles. The van der Waals surface area contributed by atoms with Crippen molar-refractivity contribution in [1.82, 2.24) is 14.6 Å². The zero-order valence-electron chi connectivity index (χ0n) is 10.5. The molecule has 6 heteroatoms. The summed E-state index contributed by atoms with van der Waals surface area (Å²) in [6.45, 7) is 3.89. The van der Waals surface area contributed by atoms with E-state index in [1.807, 2.05) is 13.8 Å². The van der Waals surface area contributed by atoms with Crippen molar-refractivity contribution in [2.75, 3.05) is 7.11 Å². The van der Waals surface area contributed by atoms with Crippen molar-refractivity contribution in [2.24, 2.45) is 0 Å². The summed E-state index contributed by atoms with van der Waals surface area (Å²) >= 11 is 1.23. The Morgan fingerprint density at radius 3 is 2.83 bits per heavy atom. The molecule has 0 bridgehead atoms. The third-order valence-electron chi connectivity index (χ3n) is 2.85. The molecule has 2 heterocycles. The van der Waals surface area contributed by atoms with Crippen LogP contribution in [0.15, 0.2) is 11.6 Å². The van der Waals surface area contributed by atoms with E-state index in [-0.39, 0.29) is 0 Å². The maximum atomic E-state index is 10.0. The summed E-state index contributed by atoms with van der Waals surface area (Å²) in [5.74, 6) is 0.823. The van der Waals surface area contributed by atoms with E-state index >= 15 is 0 Å². The minimum Gasteiger partial charge on any atom is -0.496 e. The van der Waals surface area contributed by atoms with Gasteiger partial charge in [-0.1, -0.05) is 4.49 Å². The van der Waals surface area contributed by atoms with Crippen LogP contribution in [0.1, 0.15) is 28.6 Å². The molecule has 0 aliphatic rings. The fraction of sp³-hybridized carbons (Fsp3) is 0.417. The second kappa shape index (κ2) is 5.41. The minimum absolute atomic E-state index is 0.411. The molecule has 2 aromatic rings. The SMILES string of the molecule is COc1c(C)cnc(CC(O)c2csnn2)c1C. The Morgan fingerprint density at radius 2 is 2.22 bits per heavy atom. The Hall–Kier alpha value is -1.53. The summed E-state index contributed by atoms with van der Waals surface area (Å²) in [6.07, 6.45) is 1.49. The molecule has 1 atom stereocenters. The van der Waals surface area contributed by atoms with Gasteiger partial charge in [0.15, 0.2) is 0 Å². The van der Waals surface area contributed by atoms with Gasteiger partial charge in [0.05, 0.1) is 7.11 Å². The summed E-state index contributed by atoms with van der Waals surface area (Å²) in [5.41, 5.74) is 3.35. The number of hydrogen-bond donors (Lipinski definition) is 1. The first-order valence-corrected chi connectivity index (χ1v) is 6.41. The fourth-order valence-corrected chi connectivity index (χ4v) is 2.38. The highest BCUT2D eigenvalue weighted by Crippen LogP contribution is 2.26. The van der Waals surface area contributed by atoms with Crippen LogP contribution in [0.5, 0.6) is 5.75 Å². The Bertz CT molecular complexity index is 528. The molecule has 18 heavy (non-hydrogen) atoms. The number of aryl methyl sites for hydroxylation is 1. The molecule has 1 N–H and O–H groups in total. The number of aliphatic hydroxyl groups is 1. The molecule has 96 valence electrons. The Balaban J connectivity index is 2.24. The highest BCUT2D eigenvalue weighted by molar-refractivity contribution is 7.03. The molecule has 0 saturated heterocycles. The van der Waals surface area contributed by atoms with Crippen LogP contribution in [0.4, 0.5) is 0 Å². The van der Waals surface area contributed by atoms with Crippen LogP contribution < -0.4 is 4.74 Å². The van der Waals surface area contributed by atoms with Gasteiger partial charge in [0.1, 0.15) is 17.5 Å². The van der Waals surface area contributed by atoms with E-state index in [1.165, 1.54) is 11.5 Å². The van der Waals surface area contributed by atoms with Gasteiger partial charge in [-0.15, -0.1) is 5.10 Å². The third-order valence-corrected chi connectivity index (χ3v) is 3.38. The van der Waals surface area contributed by atoms with Gasteiger partial charge in [-0.2, -0.15) is 0 Å². The van der Waals surface area contributed by atoms with Crippen LogP contribution in [0, 0.1) is 13.8 Å². The quantitative estimate of drug-likeness (QED) is 0.913. The molecule has 5 nitrogen and oxygen atoms in total. The van der Waals surface area contributed by atoms with E-state index in [2.05, 4.69) is 14.6 Å². The highest BCUT2D eigenvalue weighted by Gasteiger charge is 2.16. The molecule has 1 unspecified atom stereocenters. The average molecular weight is 265 g/mol. The topological polar surface area (TPSA) is 68.1 Å². The molecule has 0 radical (unpaired) electrons. The fourth-order valence-electron chi connectivity index (χ4n) is 1.88. The highest BCUT2D eigenvalue weighted by atomic mass is 32.1. The number of pyridine rings is 1. The number of ether oxygens (including phenoxy) is 1. The lowest BCUT2D eigenvalue weighted by Crippen LogP contribution is -2.07. The van der Waals surface area contributed by atoms with Gasteiger partial charge in [-0.3, -0.25) is 4.98 Å². The van der Waals surface area contributed by atoms with E-state index in [1.54, 1.807) is 18.7 Å². The zero-order chi connectivity index (χ0) is 13.1. The first-order chi connectivity index (χ1) is 8.63. The number of rotatable bonds is 4. The first kappa shape index (κ1) is 12.9. The molecule has 0 spiro atoms. The number of aromatic nitrogens is 3. The van der Waals surface area contributed by atoms with E-state index in [0.717, 1.165) is 22.6 Å². The summed E-state index contributed by atoms with van der Waals surface area (Å²) in [5, 5.41) is 15.6. The van der Waals surface area contributed by atoms with Gasteiger partial charge in [0, 0.05) is 34.8 Å². The molecule has 0 aromatic carbocycles. The predicted molar refractivity (Wildman–Crippen MR) is 68.8 cm³/mol. The third kappa shape index (κ3) is 2.49. The number of methoxy groups -OCH3 is 1. The second-order valence-corrected chi connectivity index (χ2v) is 4.71. The van der Waals surface area contributed by atoms with Gasteiger partial charge in [-0.05, 0) is 25.4 Å². The molecule has 2 rings (SSSR count). The smallest absolute Gasteiger partial charge is 0.128 e. The number of aliphatic hydroxyl groups excluding tert-OH is 1. The lowest BCUT2D eigenvalue weighted by Gasteiger charge is -2.13. The number of nitrogens with zero attached hydrogens (tertiary/aromatic N) is 3. The largest absolute Gasteiger partial charge is 0.496 e. The van der Waals surface area contributed by atoms with Crippen LogP contribution >= 0.6 is 11.5 Å². The predicted octanol–water partition coefficient (Wildman–Crippen LogP) is 1.83. The molecular weight excluding hydrogens is 250 g/mol. The van der Waals surface area contributed by atoms with E-state index < -0.39 is 6.10 Å². The van der Waals surface area contributed by atoms with Crippen LogP contribution in [0.25, 0.3) is 0 Å². The first-order valence-electron chi connectivity index (χ1n) is 5.57. The van der Waals surface area contributed by atoms with Crippen molar-refractivity contribution in [1.29, 1.82) is 0 Å². The van der Waals surface area contributed by atoms with Gasteiger partial charge < -0.3 is 9.84 Å². The van der Waals surface area contributed by atoms with E-state index in [0.29, 0.717) is 12.1 Å². The van der Waals surface area contributed by atoms with E-state index in [9.17, 15) is 5.11 Å². The van der Waals surface area contributed by atoms with Gasteiger partial charge in [0.25, 0.3) is 0 Å². The molecule has 0 saturated carbocycles. The summed E-state index contributed by atoms with van der Waals surface area (Å²) < 4.78 is 9.08. The lowest BCUT2D eigenvalue weighted by atomic mass is 10.0. The summed E-state index contributed by atoms with van der Waals surface area (Å²) in [4.78, 5) is 4.35. The van der Waals surface area contributed by atoms with Gasteiger partial charge in [-0.25, -0.2) is 0 Å². The van der Waals surface area contributed by atoms with Crippen molar-refractivity contribution in [2.45, 2.75) is 26.4 Å². The average Bonchev–Trinajstić information content (AvgIpc) is 2.87. The molecule has 0 aliphatic carbocycles. The monoisotopic (exact) mass is 265 g/mol. The van der Waals surface area contributed by atoms with Crippen molar-refractivity contribution in [3.05, 3.63) is 34.1 Å². The van der Waals surface area contributed by atoms with Crippen LogP contribution in [-0.2, 0) is 6.42 Å². The van der Waals surface area contributed by atoms with Crippen LogP contribution in [0.3, 0.4) is 0 Å². The zero-order valence-corrected chi connectivity index (χ0v) is 11.4. The molecule has 0 amide bonds. The minimum atomic E-state index is -0.678. The van der Waals surface area contributed by atoms with Crippen molar-refractivity contribution in [3.8, 4) is 5.75 Å². The normalized spacial score (nSPS) is 12.4. The standard InChI is InChI=1S/C12H15N3O2S/c1-7-5-13-9(8(2)12(7)17-3)4-11(16)10-6-18-15-14-10/h5-6,11,16H,4H2,1-3H3. The summed E-state index contributed by atoms with van der Waals surface area (Å²) in [6, 6.07) is 0. The Labute approximate surface area is 110 Å². The maximum Gasteiger partial charge on any atom is 0.128 e. The van der Waals surface area contributed by atoms with Crippen molar-refractivity contribution >= 4 is 11.5 Å². The van der Waals surface area contributed by atoms with Crippen LogP contribution in [-0.4, -0.2) is 26.8 Å². The number of hydrogen-bond acceptors (Lipinski definition) is 6.